The molecule has 0 radical (unpaired) electrons. The van der Waals surface area contributed by atoms with Gasteiger partial charge in [-0.2, -0.15) is 0 Å². The molecule has 0 saturated heterocycles. The van der Waals surface area contributed by atoms with Crippen molar-refractivity contribution in [2.45, 2.75) is 25.7 Å². The van der Waals surface area contributed by atoms with Gasteiger partial charge in [0.05, 0.1) is 11.4 Å². The van der Waals surface area contributed by atoms with Crippen molar-refractivity contribution in [1.82, 2.24) is 0 Å². The van der Waals surface area contributed by atoms with Crippen LogP contribution in [-0.2, 0) is 0 Å². The molecule has 0 heterocycles. The Morgan fingerprint density at radius 3 is 2.19 bits per heavy atom. The quantitative estimate of drug-likeness (QED) is 0.656. The Labute approximate surface area is 96.4 Å². The van der Waals surface area contributed by atoms with Gasteiger partial charge in [-0.1, -0.05) is 6.58 Å². The van der Waals surface area contributed by atoms with E-state index in [4.69, 9.17) is 0 Å². The van der Waals surface area contributed by atoms with Gasteiger partial charge in [0.15, 0.2) is 0 Å². The Kier molecular flexibility index (Phi) is 3.30. The predicted octanol–water partition coefficient (Wildman–Crippen LogP) is 4.22. The van der Waals surface area contributed by atoms with Gasteiger partial charge in [0.1, 0.15) is 0 Å². The number of benzene rings is 1. The van der Waals surface area contributed by atoms with E-state index in [0.29, 0.717) is 0 Å². The highest BCUT2D eigenvalue weighted by Crippen LogP contribution is 2.24. The van der Waals surface area contributed by atoms with Crippen molar-refractivity contribution in [1.29, 1.82) is 0 Å². The normalized spacial score (nSPS) is 18.8. The summed E-state index contributed by atoms with van der Waals surface area (Å²) in [5.41, 5.74) is 4.21. The van der Waals surface area contributed by atoms with Gasteiger partial charge >= 0.3 is 0 Å². The molecule has 0 N–H and O–H groups in total. The highest BCUT2D eigenvalue weighted by molar-refractivity contribution is 6.01. The monoisotopic (exact) mass is 212 g/mol. The molecule has 0 aromatic heterocycles. The van der Waals surface area contributed by atoms with Gasteiger partial charge in [-0.05, 0) is 62.2 Å². The van der Waals surface area contributed by atoms with Crippen LogP contribution in [0.25, 0.3) is 0 Å². The maximum absolute atomic E-state index is 4.63. The summed E-state index contributed by atoms with van der Waals surface area (Å²) in [6.45, 7) is 7.55. The molecule has 1 aliphatic carbocycles. The van der Waals surface area contributed by atoms with Crippen LogP contribution in [0.5, 0.6) is 0 Å². The fraction of sp³-hybridized carbons (Fsp3) is 0.286. The number of hydrogen-bond acceptors (Lipinski definition) is 2. The van der Waals surface area contributed by atoms with Gasteiger partial charge in [-0.3, -0.25) is 9.98 Å². The van der Waals surface area contributed by atoms with Crippen LogP contribution < -0.4 is 0 Å². The maximum Gasteiger partial charge on any atom is 0.0634 e. The Bertz CT molecular complexity index is 427. The second kappa shape index (κ2) is 4.88. The molecule has 0 spiro atoms. The first kappa shape index (κ1) is 10.8. The fourth-order valence-electron chi connectivity index (χ4n) is 1.88. The predicted molar refractivity (Wildman–Crippen MR) is 70.4 cm³/mol. The highest BCUT2D eigenvalue weighted by atomic mass is 14.8. The fourth-order valence-corrected chi connectivity index (χ4v) is 1.88. The second-order valence-corrected chi connectivity index (χ2v) is 4.04. The molecule has 0 bridgehead atoms. The zero-order valence-electron chi connectivity index (χ0n) is 9.45. The lowest BCUT2D eigenvalue weighted by Crippen LogP contribution is -2.07. The summed E-state index contributed by atoms with van der Waals surface area (Å²) in [6.07, 6.45) is 4.62. The lowest BCUT2D eigenvalue weighted by molar-refractivity contribution is 0.735. The molecule has 2 rings (SSSR count). The number of hydrogen-bond donors (Lipinski definition) is 0. The van der Waals surface area contributed by atoms with E-state index < -0.39 is 0 Å². The summed E-state index contributed by atoms with van der Waals surface area (Å²) in [4.78, 5) is 8.49. The lowest BCUT2D eigenvalue weighted by atomic mass is 9.94. The van der Waals surface area contributed by atoms with Crippen molar-refractivity contribution < 1.29 is 0 Å². The summed E-state index contributed by atoms with van der Waals surface area (Å²) in [5.74, 6) is 0. The standard InChI is InChI=1S/C14H16N2/c1-11-5-3-4-6-14(11)16-13-9-7-12(15-2)8-10-13/h7-10H,1-6H2/b16-14+. The van der Waals surface area contributed by atoms with E-state index in [-0.39, 0.29) is 0 Å². The molecule has 2 heteroatoms. The molecule has 0 unspecified atom stereocenters. The molecule has 1 fully saturated rings. The molecule has 2 nitrogen and oxygen atoms in total. The van der Waals surface area contributed by atoms with E-state index in [1.807, 2.05) is 24.3 Å². The van der Waals surface area contributed by atoms with Crippen molar-refractivity contribution in [2.24, 2.45) is 9.98 Å². The largest absolute Gasteiger partial charge is 0.265 e. The van der Waals surface area contributed by atoms with Crippen LogP contribution in [-0.4, -0.2) is 12.4 Å². The third-order valence-corrected chi connectivity index (χ3v) is 2.85. The van der Waals surface area contributed by atoms with Gasteiger partial charge < -0.3 is 0 Å². The summed E-state index contributed by atoms with van der Waals surface area (Å²) >= 11 is 0. The van der Waals surface area contributed by atoms with Crippen LogP contribution >= 0.6 is 0 Å². The van der Waals surface area contributed by atoms with Gasteiger partial charge in [-0.15, -0.1) is 0 Å². The Morgan fingerprint density at radius 2 is 1.56 bits per heavy atom. The van der Waals surface area contributed by atoms with Gasteiger partial charge in [-0.25, -0.2) is 0 Å². The topological polar surface area (TPSA) is 24.7 Å². The van der Waals surface area contributed by atoms with Crippen LogP contribution in [0.15, 0.2) is 46.4 Å². The third kappa shape index (κ3) is 2.45. The van der Waals surface area contributed by atoms with E-state index in [9.17, 15) is 0 Å². The zero-order chi connectivity index (χ0) is 11.4. The summed E-state index contributed by atoms with van der Waals surface area (Å²) in [7, 11) is 0. The number of rotatable bonds is 2. The first-order valence-corrected chi connectivity index (χ1v) is 5.62. The van der Waals surface area contributed by atoms with Crippen molar-refractivity contribution >= 4 is 23.8 Å². The number of aliphatic imine (C=N–C) groups is 2. The third-order valence-electron chi connectivity index (χ3n) is 2.85. The van der Waals surface area contributed by atoms with Crippen LogP contribution in [0, 0.1) is 0 Å². The summed E-state index contributed by atoms with van der Waals surface area (Å²) in [5, 5.41) is 0. The Balaban J connectivity index is 2.20. The molecule has 0 atom stereocenters. The summed E-state index contributed by atoms with van der Waals surface area (Å²) in [6, 6.07) is 7.80. The lowest BCUT2D eigenvalue weighted by Gasteiger charge is -2.15. The van der Waals surface area contributed by atoms with Crippen molar-refractivity contribution in [3.05, 3.63) is 36.4 Å². The summed E-state index contributed by atoms with van der Waals surface area (Å²) < 4.78 is 0. The molecule has 1 aromatic rings. The molecular formula is C14H16N2. The average Bonchev–Trinajstić information content (AvgIpc) is 2.33. The van der Waals surface area contributed by atoms with Crippen molar-refractivity contribution in [3.63, 3.8) is 0 Å². The first-order valence-electron chi connectivity index (χ1n) is 5.62. The molecule has 82 valence electrons. The second-order valence-electron chi connectivity index (χ2n) is 4.04. The van der Waals surface area contributed by atoms with Crippen LogP contribution in [0.4, 0.5) is 11.4 Å². The molecule has 0 amide bonds. The van der Waals surface area contributed by atoms with Crippen molar-refractivity contribution in [2.75, 3.05) is 0 Å². The number of allylic oxidation sites excluding steroid dienone is 1. The molecular weight excluding hydrogens is 196 g/mol. The van der Waals surface area contributed by atoms with Gasteiger partial charge in [0, 0.05) is 5.71 Å². The van der Waals surface area contributed by atoms with E-state index in [1.165, 1.54) is 18.4 Å². The first-order chi connectivity index (χ1) is 7.79. The van der Waals surface area contributed by atoms with Crippen LogP contribution in [0.2, 0.25) is 0 Å². The SMILES string of the molecule is C=Nc1ccc(/N=C2\CCCCC2=C)cc1. The Hall–Kier alpha value is -1.70. The van der Waals surface area contributed by atoms with E-state index in [0.717, 1.165) is 29.9 Å². The molecule has 1 saturated carbocycles. The average molecular weight is 212 g/mol. The smallest absolute Gasteiger partial charge is 0.0634 e. The van der Waals surface area contributed by atoms with E-state index >= 15 is 0 Å². The van der Waals surface area contributed by atoms with Crippen LogP contribution in [0.1, 0.15) is 25.7 Å². The molecule has 16 heavy (non-hydrogen) atoms. The van der Waals surface area contributed by atoms with Crippen molar-refractivity contribution in [3.8, 4) is 0 Å². The van der Waals surface area contributed by atoms with Gasteiger partial charge in [0.25, 0.3) is 0 Å². The Morgan fingerprint density at radius 1 is 0.938 bits per heavy atom. The highest BCUT2D eigenvalue weighted by Gasteiger charge is 2.10. The van der Waals surface area contributed by atoms with E-state index in [1.54, 1.807) is 0 Å². The molecule has 0 aliphatic heterocycles. The van der Waals surface area contributed by atoms with Crippen LogP contribution in [0.3, 0.4) is 0 Å². The molecule has 1 aromatic carbocycles. The maximum atomic E-state index is 4.63. The minimum atomic E-state index is 0.881. The minimum Gasteiger partial charge on any atom is -0.265 e. The molecule has 1 aliphatic rings. The zero-order valence-corrected chi connectivity index (χ0v) is 9.45. The minimum absolute atomic E-state index is 0.881. The van der Waals surface area contributed by atoms with Gasteiger partial charge in [0.2, 0.25) is 0 Å². The number of nitrogens with zero attached hydrogens (tertiary/aromatic N) is 2. The van der Waals surface area contributed by atoms with E-state index in [2.05, 4.69) is 23.3 Å².